The monoisotopic (exact) mass is 178 g/mol. The predicted molar refractivity (Wildman–Crippen MR) is 46.3 cm³/mol. The summed E-state index contributed by atoms with van der Waals surface area (Å²) < 4.78 is 0. The van der Waals surface area contributed by atoms with Crippen LogP contribution in [-0.2, 0) is 4.79 Å². The van der Waals surface area contributed by atoms with Crippen LogP contribution in [0.2, 0.25) is 0 Å². The van der Waals surface area contributed by atoms with Crippen LogP contribution in [0.3, 0.4) is 0 Å². The summed E-state index contributed by atoms with van der Waals surface area (Å²) in [4.78, 5) is 29.8. The quantitative estimate of drug-likeness (QED) is 0.510. The fourth-order valence-corrected chi connectivity index (χ4v) is 0.838. The Bertz CT molecular complexity index is 309. The summed E-state index contributed by atoms with van der Waals surface area (Å²) in [5, 5.41) is 0. The van der Waals surface area contributed by atoms with E-state index >= 15 is 0 Å². The van der Waals surface area contributed by atoms with E-state index in [1.165, 1.54) is 18.6 Å². The van der Waals surface area contributed by atoms with Crippen molar-refractivity contribution in [3.63, 3.8) is 0 Å². The molecule has 0 fully saturated rings. The van der Waals surface area contributed by atoms with Crippen LogP contribution >= 0.6 is 0 Å². The van der Waals surface area contributed by atoms with E-state index in [1.807, 2.05) is 0 Å². The van der Waals surface area contributed by atoms with Gasteiger partial charge in [0.2, 0.25) is 0 Å². The number of carbonyl (C=O) groups is 2. The Morgan fingerprint density at radius 3 is 2.69 bits per heavy atom. The van der Waals surface area contributed by atoms with Crippen molar-refractivity contribution in [3.8, 4) is 0 Å². The molecule has 1 aromatic rings. The minimum Gasteiger partial charge on any atom is -0.299 e. The summed E-state index contributed by atoms with van der Waals surface area (Å²) in [5.74, 6) is -0.337. The van der Waals surface area contributed by atoms with Gasteiger partial charge in [-0.15, -0.1) is 0 Å². The molecule has 0 N–H and O–H groups in total. The molecule has 0 aliphatic rings. The Morgan fingerprint density at radius 2 is 2.15 bits per heavy atom. The highest BCUT2D eigenvalue weighted by Gasteiger charge is 2.10. The van der Waals surface area contributed by atoms with Gasteiger partial charge in [0.25, 0.3) is 0 Å². The average molecular weight is 178 g/mol. The number of hydrogen-bond donors (Lipinski definition) is 0. The molecule has 13 heavy (non-hydrogen) atoms. The first kappa shape index (κ1) is 9.51. The van der Waals surface area contributed by atoms with Gasteiger partial charge in [0.05, 0.1) is 12.6 Å². The molecule has 4 nitrogen and oxygen atoms in total. The molecule has 0 atom stereocenters. The Labute approximate surface area is 76.0 Å². The Morgan fingerprint density at radius 1 is 1.38 bits per heavy atom. The van der Waals surface area contributed by atoms with Crippen LogP contribution in [0.25, 0.3) is 0 Å². The highest BCUT2D eigenvalue weighted by atomic mass is 16.1. The normalized spacial score (nSPS) is 9.62. The number of ketones is 2. The number of aromatic nitrogens is 2. The van der Waals surface area contributed by atoms with Crippen LogP contribution < -0.4 is 0 Å². The summed E-state index contributed by atoms with van der Waals surface area (Å²) >= 11 is 0. The maximum absolute atomic E-state index is 11.3. The second kappa shape index (κ2) is 4.45. The van der Waals surface area contributed by atoms with Gasteiger partial charge < -0.3 is 0 Å². The maximum Gasteiger partial charge on any atom is 0.190 e. The van der Waals surface area contributed by atoms with Crippen LogP contribution in [0.15, 0.2) is 18.6 Å². The number of rotatable bonds is 4. The Kier molecular flexibility index (Phi) is 3.25. The second-order valence-corrected chi connectivity index (χ2v) is 2.58. The van der Waals surface area contributed by atoms with E-state index in [1.54, 1.807) is 6.92 Å². The minimum absolute atomic E-state index is 0.0735. The SMILES string of the molecule is CCC(=O)CC(=O)c1cnccn1. The molecule has 0 aliphatic heterocycles. The molecule has 0 radical (unpaired) electrons. The molecule has 0 saturated heterocycles. The Balaban J connectivity index is 2.65. The molecule has 68 valence electrons. The zero-order valence-corrected chi connectivity index (χ0v) is 7.36. The van der Waals surface area contributed by atoms with Crippen molar-refractivity contribution in [3.05, 3.63) is 24.3 Å². The summed E-state index contributed by atoms with van der Waals surface area (Å²) in [6, 6.07) is 0. The summed E-state index contributed by atoms with van der Waals surface area (Å²) in [5.41, 5.74) is 0.254. The van der Waals surface area contributed by atoms with Gasteiger partial charge in [-0.25, -0.2) is 4.98 Å². The number of nitrogens with zero attached hydrogens (tertiary/aromatic N) is 2. The largest absolute Gasteiger partial charge is 0.299 e. The lowest BCUT2D eigenvalue weighted by Crippen LogP contribution is -2.08. The topological polar surface area (TPSA) is 59.9 Å². The molecule has 4 heteroatoms. The lowest BCUT2D eigenvalue weighted by atomic mass is 10.1. The van der Waals surface area contributed by atoms with Gasteiger partial charge >= 0.3 is 0 Å². The van der Waals surface area contributed by atoms with Crippen LogP contribution in [0.4, 0.5) is 0 Å². The van der Waals surface area contributed by atoms with Gasteiger partial charge in [0, 0.05) is 18.8 Å². The molecular formula is C9H10N2O2. The average Bonchev–Trinajstić information content (AvgIpc) is 2.19. The Hall–Kier alpha value is -1.58. The minimum atomic E-state index is -0.264. The van der Waals surface area contributed by atoms with Crippen LogP contribution in [0, 0.1) is 0 Å². The van der Waals surface area contributed by atoms with Gasteiger partial charge in [-0.3, -0.25) is 14.6 Å². The van der Waals surface area contributed by atoms with Crippen molar-refractivity contribution in [2.24, 2.45) is 0 Å². The number of carbonyl (C=O) groups excluding carboxylic acids is 2. The molecule has 1 rings (SSSR count). The van der Waals surface area contributed by atoms with Gasteiger partial charge in [-0.05, 0) is 0 Å². The number of hydrogen-bond acceptors (Lipinski definition) is 4. The third-order valence-corrected chi connectivity index (χ3v) is 1.60. The van der Waals surface area contributed by atoms with E-state index in [9.17, 15) is 9.59 Å². The first-order valence-electron chi connectivity index (χ1n) is 4.05. The standard InChI is InChI=1S/C9H10N2O2/c1-2-7(12)5-9(13)8-6-10-3-4-11-8/h3-4,6H,2,5H2,1H3. The van der Waals surface area contributed by atoms with Crippen molar-refractivity contribution in [2.75, 3.05) is 0 Å². The van der Waals surface area contributed by atoms with Gasteiger partial charge in [0.1, 0.15) is 11.5 Å². The smallest absolute Gasteiger partial charge is 0.190 e. The van der Waals surface area contributed by atoms with Crippen molar-refractivity contribution < 1.29 is 9.59 Å². The van der Waals surface area contributed by atoms with E-state index in [4.69, 9.17) is 0 Å². The van der Waals surface area contributed by atoms with Crippen molar-refractivity contribution in [2.45, 2.75) is 19.8 Å². The van der Waals surface area contributed by atoms with E-state index < -0.39 is 0 Å². The maximum atomic E-state index is 11.3. The van der Waals surface area contributed by atoms with Crippen LogP contribution in [0.5, 0.6) is 0 Å². The molecule has 0 unspecified atom stereocenters. The van der Waals surface area contributed by atoms with E-state index in [2.05, 4.69) is 9.97 Å². The lowest BCUT2D eigenvalue weighted by molar-refractivity contribution is -0.117. The zero-order valence-electron chi connectivity index (χ0n) is 7.36. The first-order chi connectivity index (χ1) is 6.24. The molecular weight excluding hydrogens is 168 g/mol. The molecule has 0 spiro atoms. The van der Waals surface area contributed by atoms with E-state index in [0.717, 1.165) is 0 Å². The fourth-order valence-electron chi connectivity index (χ4n) is 0.838. The highest BCUT2D eigenvalue weighted by molar-refractivity contribution is 6.06. The highest BCUT2D eigenvalue weighted by Crippen LogP contribution is 1.99. The summed E-state index contributed by atoms with van der Waals surface area (Å²) in [7, 11) is 0. The van der Waals surface area contributed by atoms with Crippen molar-refractivity contribution in [1.82, 2.24) is 9.97 Å². The third-order valence-electron chi connectivity index (χ3n) is 1.60. The van der Waals surface area contributed by atoms with Crippen molar-refractivity contribution in [1.29, 1.82) is 0 Å². The van der Waals surface area contributed by atoms with Crippen LogP contribution in [0.1, 0.15) is 30.3 Å². The molecule has 0 bridgehead atoms. The molecule has 0 amide bonds. The molecule has 0 aliphatic carbocycles. The molecule has 0 saturated carbocycles. The first-order valence-corrected chi connectivity index (χ1v) is 4.05. The third kappa shape index (κ3) is 2.74. The summed E-state index contributed by atoms with van der Waals surface area (Å²) in [6.45, 7) is 1.73. The fraction of sp³-hybridized carbons (Fsp3) is 0.333. The van der Waals surface area contributed by atoms with Crippen LogP contribution in [-0.4, -0.2) is 21.5 Å². The van der Waals surface area contributed by atoms with Gasteiger partial charge in [-0.1, -0.05) is 6.92 Å². The molecule has 0 aromatic carbocycles. The lowest BCUT2D eigenvalue weighted by Gasteiger charge is -1.96. The predicted octanol–water partition coefficient (Wildman–Crippen LogP) is 1.03. The molecule has 1 heterocycles. The van der Waals surface area contributed by atoms with Crippen molar-refractivity contribution >= 4 is 11.6 Å². The zero-order chi connectivity index (χ0) is 9.68. The second-order valence-electron chi connectivity index (χ2n) is 2.58. The van der Waals surface area contributed by atoms with Gasteiger partial charge in [0.15, 0.2) is 5.78 Å². The van der Waals surface area contributed by atoms with E-state index in [-0.39, 0.29) is 23.7 Å². The molecule has 1 aromatic heterocycles. The van der Waals surface area contributed by atoms with E-state index in [0.29, 0.717) is 6.42 Å². The van der Waals surface area contributed by atoms with Gasteiger partial charge in [-0.2, -0.15) is 0 Å². The summed E-state index contributed by atoms with van der Waals surface area (Å²) in [6.07, 6.45) is 4.59. The number of Topliss-reactive ketones (excluding diaryl/α,β-unsaturated/α-hetero) is 2.